The van der Waals surface area contributed by atoms with Gasteiger partial charge in [-0.1, -0.05) is 6.07 Å². The second-order valence-electron chi connectivity index (χ2n) is 5.32. The van der Waals surface area contributed by atoms with Gasteiger partial charge < -0.3 is 20.5 Å². The minimum atomic E-state index is -0.0356. The second-order valence-corrected chi connectivity index (χ2v) is 5.32. The van der Waals surface area contributed by atoms with Crippen molar-refractivity contribution < 1.29 is 14.3 Å². The van der Waals surface area contributed by atoms with Crippen molar-refractivity contribution in [2.75, 3.05) is 13.7 Å². The average molecular weight is 292 g/mol. The molecule has 0 aliphatic heterocycles. The SMILES string of the molecule is COc1ccc(CNC(=O)CCN)cc1OC1CCCC1. The maximum absolute atomic E-state index is 11.5. The van der Waals surface area contributed by atoms with Crippen LogP contribution < -0.4 is 20.5 Å². The number of methoxy groups -OCH3 is 1. The highest BCUT2D eigenvalue weighted by molar-refractivity contribution is 5.76. The van der Waals surface area contributed by atoms with Gasteiger partial charge in [-0.3, -0.25) is 4.79 Å². The first-order valence-corrected chi connectivity index (χ1v) is 7.53. The van der Waals surface area contributed by atoms with E-state index in [1.807, 2.05) is 18.2 Å². The van der Waals surface area contributed by atoms with Crippen molar-refractivity contribution in [1.82, 2.24) is 5.32 Å². The third kappa shape index (κ3) is 4.63. The van der Waals surface area contributed by atoms with E-state index in [4.69, 9.17) is 15.2 Å². The summed E-state index contributed by atoms with van der Waals surface area (Å²) >= 11 is 0. The van der Waals surface area contributed by atoms with E-state index in [1.54, 1.807) is 7.11 Å². The number of nitrogens with one attached hydrogen (secondary N) is 1. The van der Waals surface area contributed by atoms with E-state index in [0.29, 0.717) is 19.5 Å². The quantitative estimate of drug-likeness (QED) is 0.806. The minimum Gasteiger partial charge on any atom is -0.493 e. The Hall–Kier alpha value is -1.75. The summed E-state index contributed by atoms with van der Waals surface area (Å²) in [7, 11) is 1.64. The molecule has 0 heterocycles. The molecule has 3 N–H and O–H groups in total. The number of carbonyl (C=O) groups excluding carboxylic acids is 1. The highest BCUT2D eigenvalue weighted by Crippen LogP contribution is 2.32. The van der Waals surface area contributed by atoms with E-state index in [1.165, 1.54) is 12.8 Å². The van der Waals surface area contributed by atoms with Crippen molar-refractivity contribution in [1.29, 1.82) is 0 Å². The Morgan fingerprint density at radius 3 is 2.76 bits per heavy atom. The van der Waals surface area contributed by atoms with Gasteiger partial charge in [-0.15, -0.1) is 0 Å². The highest BCUT2D eigenvalue weighted by atomic mass is 16.5. The number of nitrogens with two attached hydrogens (primary N) is 1. The van der Waals surface area contributed by atoms with Gasteiger partial charge in [0.25, 0.3) is 0 Å². The van der Waals surface area contributed by atoms with Gasteiger partial charge in [0.15, 0.2) is 11.5 Å². The number of carbonyl (C=O) groups is 1. The summed E-state index contributed by atoms with van der Waals surface area (Å²) in [5, 5.41) is 2.84. The Balaban J connectivity index is 2.00. The molecular weight excluding hydrogens is 268 g/mol. The molecule has 0 unspecified atom stereocenters. The summed E-state index contributed by atoms with van der Waals surface area (Å²) in [6.07, 6.45) is 5.27. The lowest BCUT2D eigenvalue weighted by atomic mass is 10.2. The molecule has 1 fully saturated rings. The van der Waals surface area contributed by atoms with Gasteiger partial charge in [-0.2, -0.15) is 0 Å². The van der Waals surface area contributed by atoms with E-state index in [2.05, 4.69) is 5.32 Å². The molecule has 1 aromatic rings. The fourth-order valence-corrected chi connectivity index (χ4v) is 2.53. The predicted octanol–water partition coefficient (Wildman–Crippen LogP) is 1.98. The summed E-state index contributed by atoms with van der Waals surface area (Å²) in [4.78, 5) is 11.5. The van der Waals surface area contributed by atoms with Gasteiger partial charge in [0.1, 0.15) is 0 Å². The van der Waals surface area contributed by atoms with Crippen LogP contribution in [0.15, 0.2) is 18.2 Å². The maximum Gasteiger partial charge on any atom is 0.221 e. The molecule has 0 aromatic heterocycles. The molecular formula is C16H24N2O3. The van der Waals surface area contributed by atoms with Gasteiger partial charge in [0.05, 0.1) is 13.2 Å². The van der Waals surface area contributed by atoms with Crippen molar-refractivity contribution in [3.05, 3.63) is 23.8 Å². The van der Waals surface area contributed by atoms with Crippen molar-refractivity contribution in [2.45, 2.75) is 44.8 Å². The van der Waals surface area contributed by atoms with Crippen molar-refractivity contribution in [3.63, 3.8) is 0 Å². The molecule has 1 amide bonds. The zero-order chi connectivity index (χ0) is 15.1. The van der Waals surface area contributed by atoms with Gasteiger partial charge in [0.2, 0.25) is 5.91 Å². The normalized spacial score (nSPS) is 15.0. The summed E-state index contributed by atoms with van der Waals surface area (Å²) < 4.78 is 11.4. The Labute approximate surface area is 125 Å². The molecule has 0 saturated heterocycles. The molecule has 5 nitrogen and oxygen atoms in total. The zero-order valence-corrected chi connectivity index (χ0v) is 12.6. The van der Waals surface area contributed by atoms with Crippen molar-refractivity contribution in [3.8, 4) is 11.5 Å². The molecule has 116 valence electrons. The van der Waals surface area contributed by atoms with Crippen LogP contribution in [-0.4, -0.2) is 25.7 Å². The van der Waals surface area contributed by atoms with E-state index in [-0.39, 0.29) is 12.0 Å². The molecule has 1 saturated carbocycles. The number of amides is 1. The van der Waals surface area contributed by atoms with E-state index >= 15 is 0 Å². The lowest BCUT2D eigenvalue weighted by Crippen LogP contribution is -2.25. The molecule has 1 aliphatic carbocycles. The Morgan fingerprint density at radius 1 is 1.33 bits per heavy atom. The molecule has 5 heteroatoms. The van der Waals surface area contributed by atoms with Crippen LogP contribution in [0.4, 0.5) is 0 Å². The number of ether oxygens (including phenoxy) is 2. The molecule has 1 aliphatic rings. The van der Waals surface area contributed by atoms with Crippen LogP contribution >= 0.6 is 0 Å². The van der Waals surface area contributed by atoms with Crippen LogP contribution in [0.2, 0.25) is 0 Å². The molecule has 0 radical (unpaired) electrons. The van der Waals surface area contributed by atoms with Crippen molar-refractivity contribution in [2.24, 2.45) is 5.73 Å². The topological polar surface area (TPSA) is 73.6 Å². The first kappa shape index (κ1) is 15.6. The Morgan fingerprint density at radius 2 is 2.10 bits per heavy atom. The highest BCUT2D eigenvalue weighted by Gasteiger charge is 2.18. The van der Waals surface area contributed by atoms with Crippen molar-refractivity contribution >= 4 is 5.91 Å². The van der Waals surface area contributed by atoms with Crippen LogP contribution in [0, 0.1) is 0 Å². The smallest absolute Gasteiger partial charge is 0.221 e. The van der Waals surface area contributed by atoms with Gasteiger partial charge in [-0.05, 0) is 43.4 Å². The largest absolute Gasteiger partial charge is 0.493 e. The third-order valence-electron chi connectivity index (χ3n) is 3.68. The summed E-state index contributed by atoms with van der Waals surface area (Å²) in [5.74, 6) is 1.46. The molecule has 1 aromatic carbocycles. The van der Waals surface area contributed by atoms with Gasteiger partial charge in [0, 0.05) is 19.5 Å². The van der Waals surface area contributed by atoms with Crippen LogP contribution in [0.25, 0.3) is 0 Å². The molecule has 0 spiro atoms. The van der Waals surface area contributed by atoms with Crippen LogP contribution in [0.1, 0.15) is 37.7 Å². The van der Waals surface area contributed by atoms with Crippen LogP contribution in [0.3, 0.4) is 0 Å². The second kappa shape index (κ2) is 7.88. The summed E-state index contributed by atoms with van der Waals surface area (Å²) in [6.45, 7) is 0.842. The third-order valence-corrected chi connectivity index (χ3v) is 3.68. The fourth-order valence-electron chi connectivity index (χ4n) is 2.53. The zero-order valence-electron chi connectivity index (χ0n) is 12.6. The molecule has 0 atom stereocenters. The lowest BCUT2D eigenvalue weighted by Gasteiger charge is -2.17. The van der Waals surface area contributed by atoms with Gasteiger partial charge in [-0.25, -0.2) is 0 Å². The molecule has 2 rings (SSSR count). The van der Waals surface area contributed by atoms with E-state index < -0.39 is 0 Å². The number of rotatable bonds is 7. The summed E-state index contributed by atoms with van der Waals surface area (Å²) in [5.41, 5.74) is 6.35. The summed E-state index contributed by atoms with van der Waals surface area (Å²) in [6, 6.07) is 5.76. The standard InChI is InChI=1S/C16H24N2O3/c1-20-14-7-6-12(11-18-16(19)8-9-17)10-15(14)21-13-4-2-3-5-13/h6-7,10,13H,2-5,8-9,11,17H2,1H3,(H,18,19). The van der Waals surface area contributed by atoms with Crippen LogP contribution in [-0.2, 0) is 11.3 Å². The number of hydrogen-bond donors (Lipinski definition) is 2. The monoisotopic (exact) mass is 292 g/mol. The Bertz CT molecular complexity index is 471. The number of hydrogen-bond acceptors (Lipinski definition) is 4. The van der Waals surface area contributed by atoms with Gasteiger partial charge >= 0.3 is 0 Å². The predicted molar refractivity (Wildman–Crippen MR) is 81.4 cm³/mol. The molecule has 21 heavy (non-hydrogen) atoms. The minimum absolute atomic E-state index is 0.0356. The first-order chi connectivity index (χ1) is 10.2. The first-order valence-electron chi connectivity index (χ1n) is 7.53. The van der Waals surface area contributed by atoms with E-state index in [0.717, 1.165) is 29.9 Å². The van der Waals surface area contributed by atoms with E-state index in [9.17, 15) is 4.79 Å². The Kier molecular flexibility index (Phi) is 5.87. The average Bonchev–Trinajstić information content (AvgIpc) is 2.99. The van der Waals surface area contributed by atoms with Crippen LogP contribution in [0.5, 0.6) is 11.5 Å². The lowest BCUT2D eigenvalue weighted by molar-refractivity contribution is -0.121. The fraction of sp³-hybridized carbons (Fsp3) is 0.562. The molecule has 0 bridgehead atoms. The maximum atomic E-state index is 11.5. The number of benzene rings is 1.